The number of hydrogen-bond acceptors (Lipinski definition) is 6. The number of nitrogens with two attached hydrogens (primary N) is 1. The van der Waals surface area contributed by atoms with Gasteiger partial charge < -0.3 is 11.1 Å². The van der Waals surface area contributed by atoms with Gasteiger partial charge in [-0.3, -0.25) is 14.3 Å². The van der Waals surface area contributed by atoms with Crippen LogP contribution in [-0.2, 0) is 16.4 Å². The lowest BCUT2D eigenvalue weighted by molar-refractivity contribution is 0.0996. The number of rotatable bonds is 6. The summed E-state index contributed by atoms with van der Waals surface area (Å²) in [6.07, 6.45) is 1.16. The molecule has 0 fully saturated rings. The van der Waals surface area contributed by atoms with Crippen LogP contribution in [0.4, 0.5) is 5.69 Å². The van der Waals surface area contributed by atoms with Crippen molar-refractivity contribution in [3.8, 4) is 0 Å². The van der Waals surface area contributed by atoms with Crippen LogP contribution in [-0.4, -0.2) is 41.3 Å². The van der Waals surface area contributed by atoms with Gasteiger partial charge in [-0.1, -0.05) is 30.3 Å². The van der Waals surface area contributed by atoms with Crippen molar-refractivity contribution in [1.82, 2.24) is 14.8 Å². The van der Waals surface area contributed by atoms with Crippen molar-refractivity contribution in [3.63, 3.8) is 0 Å². The van der Waals surface area contributed by atoms with Crippen LogP contribution in [0, 0.1) is 13.8 Å². The van der Waals surface area contributed by atoms with E-state index in [0.717, 1.165) is 11.8 Å². The summed E-state index contributed by atoms with van der Waals surface area (Å²) in [6.45, 7) is 3.91. The van der Waals surface area contributed by atoms with E-state index in [4.69, 9.17) is 5.73 Å². The molecule has 4 rings (SSSR count). The maximum atomic E-state index is 13.2. The zero-order valence-electron chi connectivity index (χ0n) is 18.9. The first kappa shape index (κ1) is 23.1. The van der Waals surface area contributed by atoms with E-state index in [9.17, 15) is 18.0 Å². The number of aryl methyl sites for hydroxylation is 1. The average Bonchev–Trinajstić information content (AvgIpc) is 3.05. The van der Waals surface area contributed by atoms with E-state index in [0.29, 0.717) is 34.5 Å². The number of aromatic nitrogens is 3. The fourth-order valence-electron chi connectivity index (χ4n) is 3.75. The molecule has 0 atom stereocenters. The number of primary amides is 1. The van der Waals surface area contributed by atoms with Crippen LogP contribution < -0.4 is 11.1 Å². The van der Waals surface area contributed by atoms with Crippen molar-refractivity contribution < 1.29 is 18.0 Å². The van der Waals surface area contributed by atoms with Gasteiger partial charge in [0.15, 0.2) is 9.84 Å². The first-order valence-corrected chi connectivity index (χ1v) is 12.3. The highest BCUT2D eigenvalue weighted by Crippen LogP contribution is 2.24. The Morgan fingerprint density at radius 1 is 1.06 bits per heavy atom. The molecule has 2 aromatic heterocycles. The van der Waals surface area contributed by atoms with Crippen LogP contribution in [0.5, 0.6) is 0 Å². The molecule has 0 saturated carbocycles. The largest absolute Gasteiger partial charge is 0.364 e. The van der Waals surface area contributed by atoms with Gasteiger partial charge in [-0.2, -0.15) is 5.10 Å². The highest BCUT2D eigenvalue weighted by Gasteiger charge is 2.19. The molecule has 0 unspecified atom stereocenters. The molecule has 4 aromatic rings. The summed E-state index contributed by atoms with van der Waals surface area (Å²) < 4.78 is 25.4. The molecular weight excluding hydrogens is 454 g/mol. The van der Waals surface area contributed by atoms with E-state index in [1.807, 2.05) is 13.0 Å². The lowest BCUT2D eigenvalue weighted by atomic mass is 10.1. The molecule has 0 radical (unpaired) electrons. The summed E-state index contributed by atoms with van der Waals surface area (Å²) in [6, 6.07) is 15.0. The predicted molar refractivity (Wildman–Crippen MR) is 129 cm³/mol. The number of anilines is 1. The van der Waals surface area contributed by atoms with Gasteiger partial charge in [0.25, 0.3) is 11.8 Å². The Morgan fingerprint density at radius 3 is 2.50 bits per heavy atom. The summed E-state index contributed by atoms with van der Waals surface area (Å²) in [4.78, 5) is 29.4. The Balaban J connectivity index is 1.67. The van der Waals surface area contributed by atoms with E-state index < -0.39 is 21.7 Å². The van der Waals surface area contributed by atoms with Crippen molar-refractivity contribution in [2.24, 2.45) is 5.73 Å². The monoisotopic (exact) mass is 477 g/mol. The summed E-state index contributed by atoms with van der Waals surface area (Å²) in [5, 5.41) is 8.00. The molecule has 0 bridgehead atoms. The Kier molecular flexibility index (Phi) is 5.92. The number of carbonyl (C=O) groups is 2. The van der Waals surface area contributed by atoms with Crippen molar-refractivity contribution >= 4 is 38.2 Å². The van der Waals surface area contributed by atoms with Gasteiger partial charge in [0.1, 0.15) is 5.69 Å². The van der Waals surface area contributed by atoms with Crippen LogP contribution in [0.25, 0.3) is 10.9 Å². The third kappa shape index (κ3) is 4.53. The van der Waals surface area contributed by atoms with Gasteiger partial charge in [0.05, 0.1) is 39.6 Å². The Morgan fingerprint density at radius 2 is 1.79 bits per heavy atom. The van der Waals surface area contributed by atoms with Crippen molar-refractivity contribution in [2.45, 2.75) is 25.3 Å². The third-order valence-electron chi connectivity index (χ3n) is 5.49. The third-order valence-corrected chi connectivity index (χ3v) is 6.60. The summed E-state index contributed by atoms with van der Waals surface area (Å²) >= 11 is 0. The van der Waals surface area contributed by atoms with E-state index in [1.54, 1.807) is 54.1 Å². The standard InChI is InChI=1S/C24H23N5O4S/c1-14-22(15(2)29(28-14)13-16-7-6-8-17(11-16)34(3,32)33)27-24(31)19-12-21(23(25)30)26-20-10-5-4-9-18(19)20/h4-12H,13H2,1-3H3,(H2,25,30)(H,27,31). The Bertz CT molecular complexity index is 1560. The van der Waals surface area contributed by atoms with Crippen LogP contribution in [0.1, 0.15) is 37.8 Å². The van der Waals surface area contributed by atoms with E-state index in [-0.39, 0.29) is 16.2 Å². The number of sulfone groups is 1. The van der Waals surface area contributed by atoms with Crippen molar-refractivity contribution in [3.05, 3.63) is 82.8 Å². The lowest BCUT2D eigenvalue weighted by Gasteiger charge is -2.10. The second-order valence-electron chi connectivity index (χ2n) is 8.01. The minimum Gasteiger partial charge on any atom is -0.364 e. The van der Waals surface area contributed by atoms with Crippen LogP contribution >= 0.6 is 0 Å². The summed E-state index contributed by atoms with van der Waals surface area (Å²) in [7, 11) is -3.33. The molecule has 0 spiro atoms. The predicted octanol–water partition coefficient (Wildman–Crippen LogP) is 2.85. The second kappa shape index (κ2) is 8.71. The van der Waals surface area contributed by atoms with Crippen molar-refractivity contribution in [2.75, 3.05) is 11.6 Å². The molecular formula is C24H23N5O4S. The molecule has 3 N–H and O–H groups in total. The van der Waals surface area contributed by atoms with Gasteiger partial charge in [-0.15, -0.1) is 0 Å². The normalized spacial score (nSPS) is 11.5. The number of pyridine rings is 1. The Labute approximate surface area is 196 Å². The SMILES string of the molecule is Cc1nn(Cc2cccc(S(C)(=O)=O)c2)c(C)c1NC(=O)c1cc(C(N)=O)nc2ccccc12. The highest BCUT2D eigenvalue weighted by molar-refractivity contribution is 7.90. The quantitative estimate of drug-likeness (QED) is 0.438. The smallest absolute Gasteiger partial charge is 0.267 e. The fraction of sp³-hybridized carbons (Fsp3) is 0.167. The molecule has 2 heterocycles. The molecule has 0 aliphatic rings. The number of carbonyl (C=O) groups excluding carboxylic acids is 2. The number of nitrogens with zero attached hydrogens (tertiary/aromatic N) is 3. The number of hydrogen-bond donors (Lipinski definition) is 2. The molecule has 34 heavy (non-hydrogen) atoms. The number of amides is 2. The second-order valence-corrected chi connectivity index (χ2v) is 10.0. The van der Waals surface area contributed by atoms with Crippen LogP contribution in [0.2, 0.25) is 0 Å². The molecule has 0 aliphatic heterocycles. The fourth-order valence-corrected chi connectivity index (χ4v) is 4.44. The summed E-state index contributed by atoms with van der Waals surface area (Å²) in [5.74, 6) is -1.15. The number of nitrogens with one attached hydrogen (secondary N) is 1. The van der Waals surface area contributed by atoms with Crippen LogP contribution in [0.15, 0.2) is 59.5 Å². The molecule has 9 nitrogen and oxygen atoms in total. The maximum Gasteiger partial charge on any atom is 0.267 e. The molecule has 2 aromatic carbocycles. The lowest BCUT2D eigenvalue weighted by Crippen LogP contribution is -2.18. The van der Waals surface area contributed by atoms with Gasteiger partial charge in [0.2, 0.25) is 0 Å². The van der Waals surface area contributed by atoms with Crippen molar-refractivity contribution in [1.29, 1.82) is 0 Å². The highest BCUT2D eigenvalue weighted by atomic mass is 32.2. The van der Waals surface area contributed by atoms with Crippen LogP contribution in [0.3, 0.4) is 0 Å². The number of para-hydroxylation sites is 1. The number of fused-ring (bicyclic) bond motifs is 1. The number of benzene rings is 2. The van der Waals surface area contributed by atoms with Gasteiger partial charge in [-0.25, -0.2) is 13.4 Å². The minimum atomic E-state index is -3.33. The maximum absolute atomic E-state index is 13.2. The molecule has 10 heteroatoms. The van der Waals surface area contributed by atoms with Gasteiger partial charge >= 0.3 is 0 Å². The topological polar surface area (TPSA) is 137 Å². The summed E-state index contributed by atoms with van der Waals surface area (Å²) in [5.41, 5.74) is 8.75. The first-order chi connectivity index (χ1) is 16.0. The molecule has 174 valence electrons. The van der Waals surface area contributed by atoms with E-state index in [2.05, 4.69) is 15.4 Å². The first-order valence-electron chi connectivity index (χ1n) is 10.4. The van der Waals surface area contributed by atoms with E-state index in [1.165, 1.54) is 6.07 Å². The molecule has 0 aliphatic carbocycles. The van der Waals surface area contributed by atoms with Gasteiger partial charge in [-0.05, 0) is 43.7 Å². The molecule has 2 amide bonds. The average molecular weight is 478 g/mol. The van der Waals surface area contributed by atoms with Gasteiger partial charge in [0, 0.05) is 11.6 Å². The Hall–Kier alpha value is -4.05. The minimum absolute atomic E-state index is 0.00116. The zero-order valence-corrected chi connectivity index (χ0v) is 19.7. The van der Waals surface area contributed by atoms with E-state index >= 15 is 0 Å². The molecule has 0 saturated heterocycles. The zero-order chi connectivity index (χ0) is 24.6.